The van der Waals surface area contributed by atoms with Crippen LogP contribution in [0.1, 0.15) is 20.3 Å². The molecular weight excluding hydrogens is 228 g/mol. The molecule has 0 unspecified atom stereocenters. The summed E-state index contributed by atoms with van der Waals surface area (Å²) in [6.07, 6.45) is 1.00. The number of nitrogens with zero attached hydrogens (tertiary/aromatic N) is 1. The highest BCUT2D eigenvalue weighted by atomic mass is 16.5. The number of likely N-dealkylation sites (N-methyl/N-ethyl adjacent to an activating group) is 1. The molecule has 0 aromatic heterocycles. The molecule has 0 aliphatic rings. The highest BCUT2D eigenvalue weighted by Gasteiger charge is 2.09. The maximum atomic E-state index is 11.8. The van der Waals surface area contributed by atoms with Gasteiger partial charge in [-0.3, -0.25) is 4.79 Å². The van der Waals surface area contributed by atoms with Gasteiger partial charge >= 0.3 is 0 Å². The number of carbonyl (C=O) groups excluding carboxylic acids is 1. The first-order valence-corrected chi connectivity index (χ1v) is 6.21. The molecule has 0 saturated heterocycles. The lowest BCUT2D eigenvalue weighted by Crippen LogP contribution is -2.32. The van der Waals surface area contributed by atoms with Gasteiger partial charge in [0.2, 0.25) is 0 Å². The van der Waals surface area contributed by atoms with Crippen LogP contribution in [0.15, 0.2) is 24.3 Å². The van der Waals surface area contributed by atoms with Gasteiger partial charge in [0.05, 0.1) is 0 Å². The van der Waals surface area contributed by atoms with E-state index in [2.05, 4.69) is 13.8 Å². The van der Waals surface area contributed by atoms with Crippen LogP contribution in [0, 0.1) is 5.92 Å². The Morgan fingerprint density at radius 2 is 1.94 bits per heavy atom. The van der Waals surface area contributed by atoms with Crippen molar-refractivity contribution in [2.45, 2.75) is 20.3 Å². The minimum absolute atomic E-state index is 0.00697. The minimum Gasteiger partial charge on any atom is -0.484 e. The molecule has 0 heterocycles. The molecule has 0 radical (unpaired) electrons. The standard InChI is InChI=1S/C14H22N2O2/c1-11(2)8-9-16(3)14(17)10-18-13-6-4-12(15)5-7-13/h4-7,11H,8-10,15H2,1-3H3. The second-order valence-corrected chi connectivity index (χ2v) is 4.86. The molecule has 1 aromatic carbocycles. The smallest absolute Gasteiger partial charge is 0.260 e. The molecule has 0 fully saturated rings. The van der Waals surface area contributed by atoms with Crippen LogP contribution in [0.25, 0.3) is 0 Å². The van der Waals surface area contributed by atoms with E-state index in [0.29, 0.717) is 17.4 Å². The number of ether oxygens (including phenoxy) is 1. The van der Waals surface area contributed by atoms with Crippen LogP contribution in [0.3, 0.4) is 0 Å². The van der Waals surface area contributed by atoms with Gasteiger partial charge in [0.1, 0.15) is 5.75 Å². The number of nitrogens with two attached hydrogens (primary N) is 1. The number of rotatable bonds is 6. The lowest BCUT2D eigenvalue weighted by Gasteiger charge is -2.18. The fourth-order valence-electron chi connectivity index (χ4n) is 1.40. The third-order valence-corrected chi connectivity index (χ3v) is 2.71. The Bertz CT molecular complexity index is 374. The van der Waals surface area contributed by atoms with E-state index < -0.39 is 0 Å². The molecule has 2 N–H and O–H groups in total. The van der Waals surface area contributed by atoms with Crippen LogP contribution < -0.4 is 10.5 Å². The van der Waals surface area contributed by atoms with E-state index in [1.165, 1.54) is 0 Å². The second-order valence-electron chi connectivity index (χ2n) is 4.86. The minimum atomic E-state index is -0.00697. The molecule has 100 valence electrons. The predicted octanol–water partition coefficient (Wildman–Crippen LogP) is 2.15. The molecule has 0 saturated carbocycles. The van der Waals surface area contributed by atoms with E-state index in [9.17, 15) is 4.79 Å². The SMILES string of the molecule is CC(C)CCN(C)C(=O)COc1ccc(N)cc1. The summed E-state index contributed by atoms with van der Waals surface area (Å²) in [5.74, 6) is 1.25. The van der Waals surface area contributed by atoms with Gasteiger partial charge in [-0.15, -0.1) is 0 Å². The summed E-state index contributed by atoms with van der Waals surface area (Å²) in [6, 6.07) is 7.03. The average Bonchev–Trinajstić information content (AvgIpc) is 2.34. The van der Waals surface area contributed by atoms with E-state index in [4.69, 9.17) is 10.5 Å². The van der Waals surface area contributed by atoms with Gasteiger partial charge < -0.3 is 15.4 Å². The molecule has 0 atom stereocenters. The van der Waals surface area contributed by atoms with Crippen molar-refractivity contribution in [3.05, 3.63) is 24.3 Å². The molecule has 4 nitrogen and oxygen atoms in total. The fourth-order valence-corrected chi connectivity index (χ4v) is 1.40. The Kier molecular flexibility index (Phi) is 5.49. The van der Waals surface area contributed by atoms with E-state index in [0.717, 1.165) is 13.0 Å². The van der Waals surface area contributed by atoms with Gasteiger partial charge in [-0.25, -0.2) is 0 Å². The zero-order chi connectivity index (χ0) is 13.5. The number of hydrogen-bond acceptors (Lipinski definition) is 3. The van der Waals surface area contributed by atoms with Crippen molar-refractivity contribution >= 4 is 11.6 Å². The highest BCUT2D eigenvalue weighted by Crippen LogP contribution is 2.13. The summed E-state index contributed by atoms with van der Waals surface area (Å²) < 4.78 is 5.40. The summed E-state index contributed by atoms with van der Waals surface area (Å²) in [4.78, 5) is 13.5. The number of carbonyl (C=O) groups is 1. The topological polar surface area (TPSA) is 55.6 Å². The maximum Gasteiger partial charge on any atom is 0.260 e. The second kappa shape index (κ2) is 6.89. The van der Waals surface area contributed by atoms with Gasteiger partial charge in [0, 0.05) is 19.3 Å². The van der Waals surface area contributed by atoms with E-state index in [1.54, 1.807) is 36.2 Å². The lowest BCUT2D eigenvalue weighted by molar-refractivity contribution is -0.132. The molecule has 0 bridgehead atoms. The zero-order valence-electron chi connectivity index (χ0n) is 11.3. The van der Waals surface area contributed by atoms with Crippen LogP contribution in [-0.4, -0.2) is 31.0 Å². The highest BCUT2D eigenvalue weighted by molar-refractivity contribution is 5.77. The van der Waals surface area contributed by atoms with Crippen LogP contribution in [0.5, 0.6) is 5.75 Å². The molecule has 1 rings (SSSR count). The summed E-state index contributed by atoms with van der Waals surface area (Å²) in [7, 11) is 1.80. The molecule has 1 aromatic rings. The summed E-state index contributed by atoms with van der Waals surface area (Å²) in [5.41, 5.74) is 6.25. The number of hydrogen-bond donors (Lipinski definition) is 1. The van der Waals surface area contributed by atoms with Gasteiger partial charge in [-0.05, 0) is 36.6 Å². The van der Waals surface area contributed by atoms with Gasteiger partial charge in [-0.1, -0.05) is 13.8 Å². The first-order chi connectivity index (χ1) is 8.49. The Balaban J connectivity index is 2.34. The third-order valence-electron chi connectivity index (χ3n) is 2.71. The van der Waals surface area contributed by atoms with Crippen molar-refractivity contribution < 1.29 is 9.53 Å². The third kappa shape index (κ3) is 5.08. The molecule has 18 heavy (non-hydrogen) atoms. The molecule has 0 spiro atoms. The van der Waals surface area contributed by atoms with E-state index >= 15 is 0 Å². The van der Waals surface area contributed by atoms with Crippen LogP contribution in [-0.2, 0) is 4.79 Å². The zero-order valence-corrected chi connectivity index (χ0v) is 11.3. The van der Waals surface area contributed by atoms with Crippen LogP contribution >= 0.6 is 0 Å². The maximum absolute atomic E-state index is 11.8. The number of benzene rings is 1. The first-order valence-electron chi connectivity index (χ1n) is 6.21. The number of amides is 1. The summed E-state index contributed by atoms with van der Waals surface area (Å²) >= 11 is 0. The quantitative estimate of drug-likeness (QED) is 0.787. The summed E-state index contributed by atoms with van der Waals surface area (Å²) in [5, 5.41) is 0. The number of anilines is 1. The molecule has 0 aliphatic carbocycles. The van der Waals surface area contributed by atoms with E-state index in [-0.39, 0.29) is 12.5 Å². The molecule has 0 aliphatic heterocycles. The lowest BCUT2D eigenvalue weighted by atomic mass is 10.1. The van der Waals surface area contributed by atoms with Crippen LogP contribution in [0.2, 0.25) is 0 Å². The van der Waals surface area contributed by atoms with Crippen molar-refractivity contribution in [1.29, 1.82) is 0 Å². The fraction of sp³-hybridized carbons (Fsp3) is 0.500. The predicted molar refractivity (Wildman–Crippen MR) is 73.4 cm³/mol. The molecular formula is C14H22N2O2. The Morgan fingerprint density at radius 1 is 1.33 bits per heavy atom. The Labute approximate surface area is 109 Å². The molecule has 1 amide bonds. The molecule has 4 heteroatoms. The van der Waals surface area contributed by atoms with Crippen molar-refractivity contribution in [3.63, 3.8) is 0 Å². The van der Waals surface area contributed by atoms with Gasteiger partial charge in [0.15, 0.2) is 6.61 Å². The van der Waals surface area contributed by atoms with Crippen molar-refractivity contribution in [2.75, 3.05) is 25.9 Å². The van der Waals surface area contributed by atoms with Crippen LogP contribution in [0.4, 0.5) is 5.69 Å². The normalized spacial score (nSPS) is 10.4. The monoisotopic (exact) mass is 250 g/mol. The van der Waals surface area contributed by atoms with Crippen molar-refractivity contribution in [3.8, 4) is 5.75 Å². The van der Waals surface area contributed by atoms with Gasteiger partial charge in [0.25, 0.3) is 5.91 Å². The average molecular weight is 250 g/mol. The van der Waals surface area contributed by atoms with Crippen molar-refractivity contribution in [2.24, 2.45) is 5.92 Å². The Morgan fingerprint density at radius 3 is 2.50 bits per heavy atom. The van der Waals surface area contributed by atoms with Crippen molar-refractivity contribution in [1.82, 2.24) is 4.90 Å². The first kappa shape index (κ1) is 14.4. The summed E-state index contributed by atoms with van der Waals surface area (Å²) in [6.45, 7) is 5.12. The number of nitrogen functional groups attached to an aromatic ring is 1. The van der Waals surface area contributed by atoms with E-state index in [1.807, 2.05) is 0 Å². The Hall–Kier alpha value is -1.71. The van der Waals surface area contributed by atoms with Gasteiger partial charge in [-0.2, -0.15) is 0 Å². The largest absolute Gasteiger partial charge is 0.484 e.